The number of hydrogen-bond acceptors (Lipinski definition) is 2. The van der Waals surface area contributed by atoms with E-state index < -0.39 is 6.10 Å². The second kappa shape index (κ2) is 2.96. The van der Waals surface area contributed by atoms with Gasteiger partial charge in [-0.25, -0.2) is 0 Å². The van der Waals surface area contributed by atoms with Crippen LogP contribution in [-0.2, 0) is 6.42 Å². The number of para-hydroxylation sites is 1. The molecule has 12 heavy (non-hydrogen) atoms. The molecule has 0 bridgehead atoms. The van der Waals surface area contributed by atoms with Gasteiger partial charge in [0.25, 0.3) is 0 Å². The zero-order chi connectivity index (χ0) is 8.55. The Morgan fingerprint density at radius 2 is 2.33 bits per heavy atom. The summed E-state index contributed by atoms with van der Waals surface area (Å²) in [7, 11) is 0. The molecular weight excluding hydrogens is 176 g/mol. The van der Waals surface area contributed by atoms with Crippen molar-refractivity contribution in [2.75, 3.05) is 6.61 Å². The lowest BCUT2D eigenvalue weighted by atomic mass is 10.1. The number of ether oxygens (including phenoxy) is 1. The second-order valence-electron chi connectivity index (χ2n) is 2.90. The summed E-state index contributed by atoms with van der Waals surface area (Å²) >= 11 is 5.88. The molecule has 1 aromatic rings. The van der Waals surface area contributed by atoms with Gasteiger partial charge in [-0.3, -0.25) is 0 Å². The van der Waals surface area contributed by atoms with Crippen LogP contribution in [0.2, 0.25) is 5.02 Å². The molecule has 0 unspecified atom stereocenters. The van der Waals surface area contributed by atoms with E-state index in [-0.39, 0.29) is 0 Å². The number of halogens is 1. The summed E-state index contributed by atoms with van der Waals surface area (Å²) in [5.41, 5.74) is 0.987. The molecule has 0 saturated heterocycles. The van der Waals surface area contributed by atoms with Crippen molar-refractivity contribution < 1.29 is 9.84 Å². The number of benzene rings is 1. The minimum atomic E-state index is -0.393. The summed E-state index contributed by atoms with van der Waals surface area (Å²) in [6.07, 6.45) is 0.242. The molecule has 0 amide bonds. The van der Waals surface area contributed by atoms with E-state index in [1.165, 1.54) is 0 Å². The fourth-order valence-corrected chi connectivity index (χ4v) is 1.62. The average molecular weight is 185 g/mol. The van der Waals surface area contributed by atoms with Crippen molar-refractivity contribution in [3.63, 3.8) is 0 Å². The van der Waals surface area contributed by atoms with Gasteiger partial charge in [-0.1, -0.05) is 23.7 Å². The van der Waals surface area contributed by atoms with Crippen molar-refractivity contribution in [1.82, 2.24) is 0 Å². The first-order valence-corrected chi connectivity index (χ1v) is 4.23. The van der Waals surface area contributed by atoms with Crippen molar-refractivity contribution in [2.24, 2.45) is 0 Å². The fraction of sp³-hybridized carbons (Fsp3) is 0.333. The lowest BCUT2D eigenvalue weighted by Crippen LogP contribution is -2.25. The van der Waals surface area contributed by atoms with Crippen LogP contribution in [0.1, 0.15) is 5.56 Å². The molecule has 1 aromatic carbocycles. The summed E-state index contributed by atoms with van der Waals surface area (Å²) in [4.78, 5) is 0. The van der Waals surface area contributed by atoms with Gasteiger partial charge >= 0.3 is 0 Å². The zero-order valence-corrected chi connectivity index (χ0v) is 7.21. The van der Waals surface area contributed by atoms with Crippen LogP contribution in [0.15, 0.2) is 18.2 Å². The van der Waals surface area contributed by atoms with Gasteiger partial charge in [0, 0.05) is 6.42 Å². The van der Waals surface area contributed by atoms with E-state index in [0.717, 1.165) is 11.3 Å². The lowest BCUT2D eigenvalue weighted by Gasteiger charge is -2.22. The highest BCUT2D eigenvalue weighted by Gasteiger charge is 2.18. The van der Waals surface area contributed by atoms with Crippen molar-refractivity contribution in [1.29, 1.82) is 0 Å². The van der Waals surface area contributed by atoms with E-state index in [1.54, 1.807) is 6.07 Å². The van der Waals surface area contributed by atoms with Gasteiger partial charge in [0.05, 0.1) is 11.1 Å². The molecule has 0 saturated carbocycles. The number of rotatable bonds is 0. The van der Waals surface area contributed by atoms with Gasteiger partial charge < -0.3 is 9.84 Å². The van der Waals surface area contributed by atoms with Crippen molar-refractivity contribution in [3.05, 3.63) is 28.8 Å². The van der Waals surface area contributed by atoms with Gasteiger partial charge in [0.2, 0.25) is 0 Å². The molecule has 1 N–H and O–H groups in total. The fourth-order valence-electron chi connectivity index (χ4n) is 1.37. The Labute approximate surface area is 75.7 Å². The third-order valence-electron chi connectivity index (χ3n) is 1.92. The maximum absolute atomic E-state index is 9.28. The minimum absolute atomic E-state index is 0.344. The molecule has 3 heteroatoms. The maximum atomic E-state index is 9.28. The Kier molecular flexibility index (Phi) is 1.95. The molecule has 0 aliphatic carbocycles. The van der Waals surface area contributed by atoms with Gasteiger partial charge in [-0.05, 0) is 11.6 Å². The van der Waals surface area contributed by atoms with Crippen LogP contribution in [-0.4, -0.2) is 17.8 Å². The van der Waals surface area contributed by atoms with Crippen LogP contribution in [0.4, 0.5) is 0 Å². The molecule has 1 heterocycles. The third kappa shape index (κ3) is 1.28. The van der Waals surface area contributed by atoms with Crippen LogP contribution in [0.5, 0.6) is 5.75 Å². The predicted octanol–water partition coefficient (Wildman–Crippen LogP) is 1.64. The molecule has 1 atom stereocenters. The van der Waals surface area contributed by atoms with Gasteiger partial charge in [-0.2, -0.15) is 0 Å². The standard InChI is InChI=1S/C9H9ClO2/c10-8-3-1-2-6-4-7(11)5-12-9(6)8/h1-3,7,11H,4-5H2/t7-/m0/s1. The van der Waals surface area contributed by atoms with E-state index in [0.29, 0.717) is 18.1 Å². The molecule has 0 fully saturated rings. The molecule has 0 radical (unpaired) electrons. The summed E-state index contributed by atoms with van der Waals surface area (Å²) in [6, 6.07) is 5.57. The largest absolute Gasteiger partial charge is 0.489 e. The number of fused-ring (bicyclic) bond motifs is 1. The smallest absolute Gasteiger partial charge is 0.141 e. The summed E-state index contributed by atoms with van der Waals surface area (Å²) < 4.78 is 5.28. The molecule has 1 aliphatic rings. The molecule has 0 aromatic heterocycles. The van der Waals surface area contributed by atoms with E-state index in [2.05, 4.69) is 0 Å². The maximum Gasteiger partial charge on any atom is 0.141 e. The first-order valence-electron chi connectivity index (χ1n) is 3.85. The van der Waals surface area contributed by atoms with Crippen LogP contribution in [0, 0.1) is 0 Å². The van der Waals surface area contributed by atoms with Gasteiger partial charge in [-0.15, -0.1) is 0 Å². The highest BCUT2D eigenvalue weighted by Crippen LogP contribution is 2.32. The van der Waals surface area contributed by atoms with Crippen LogP contribution >= 0.6 is 11.6 Å². The minimum Gasteiger partial charge on any atom is -0.489 e. The normalized spacial score (nSPS) is 21.3. The van der Waals surface area contributed by atoms with Gasteiger partial charge in [0.1, 0.15) is 12.4 Å². The van der Waals surface area contributed by atoms with Crippen molar-refractivity contribution in [3.8, 4) is 5.75 Å². The molecule has 0 spiro atoms. The SMILES string of the molecule is O[C@@H]1COc2c(Cl)cccc2C1. The second-order valence-corrected chi connectivity index (χ2v) is 3.30. The van der Waals surface area contributed by atoms with E-state index in [9.17, 15) is 5.11 Å². The lowest BCUT2D eigenvalue weighted by molar-refractivity contribution is 0.0922. The number of hydrogen-bond donors (Lipinski definition) is 1. The number of aliphatic hydroxyl groups is 1. The Morgan fingerprint density at radius 1 is 1.50 bits per heavy atom. The van der Waals surface area contributed by atoms with E-state index in [1.807, 2.05) is 12.1 Å². The van der Waals surface area contributed by atoms with Crippen molar-refractivity contribution in [2.45, 2.75) is 12.5 Å². The van der Waals surface area contributed by atoms with Gasteiger partial charge in [0.15, 0.2) is 0 Å². The topological polar surface area (TPSA) is 29.5 Å². The van der Waals surface area contributed by atoms with Crippen LogP contribution in [0.3, 0.4) is 0 Å². The Hall–Kier alpha value is -0.730. The quantitative estimate of drug-likeness (QED) is 0.664. The number of aliphatic hydroxyl groups excluding tert-OH is 1. The highest BCUT2D eigenvalue weighted by molar-refractivity contribution is 6.32. The van der Waals surface area contributed by atoms with Crippen LogP contribution < -0.4 is 4.74 Å². The third-order valence-corrected chi connectivity index (χ3v) is 2.22. The molecule has 64 valence electrons. The Balaban J connectivity index is 2.42. The summed E-state index contributed by atoms with van der Waals surface area (Å²) in [5.74, 6) is 0.726. The molecule has 1 aliphatic heterocycles. The van der Waals surface area contributed by atoms with E-state index in [4.69, 9.17) is 16.3 Å². The first-order chi connectivity index (χ1) is 5.77. The molecule has 2 rings (SSSR count). The summed E-state index contributed by atoms with van der Waals surface area (Å²) in [5, 5.41) is 9.90. The predicted molar refractivity (Wildman–Crippen MR) is 46.7 cm³/mol. The Bertz CT molecular complexity index is 299. The highest BCUT2D eigenvalue weighted by atomic mass is 35.5. The Morgan fingerprint density at radius 3 is 3.17 bits per heavy atom. The van der Waals surface area contributed by atoms with Crippen molar-refractivity contribution >= 4 is 11.6 Å². The van der Waals surface area contributed by atoms with Crippen LogP contribution in [0.25, 0.3) is 0 Å². The zero-order valence-electron chi connectivity index (χ0n) is 6.46. The average Bonchev–Trinajstić information content (AvgIpc) is 2.04. The molecular formula is C9H9ClO2. The first kappa shape index (κ1) is 7.90. The monoisotopic (exact) mass is 184 g/mol. The molecule has 2 nitrogen and oxygen atoms in total. The summed E-state index contributed by atoms with van der Waals surface area (Å²) in [6.45, 7) is 0.344. The van der Waals surface area contributed by atoms with E-state index >= 15 is 0 Å².